The maximum Gasteiger partial charge on any atom is 0.227 e. The van der Waals surface area contributed by atoms with E-state index in [4.69, 9.17) is 4.74 Å². The largest absolute Gasteiger partial charge is 0.379 e. The first-order valence-corrected chi connectivity index (χ1v) is 9.90. The lowest BCUT2D eigenvalue weighted by atomic mass is 9.95. The van der Waals surface area contributed by atoms with Crippen LogP contribution < -0.4 is 5.32 Å². The number of aryl methyl sites for hydroxylation is 1. The Morgan fingerprint density at radius 3 is 2.33 bits per heavy atom. The van der Waals surface area contributed by atoms with Crippen molar-refractivity contribution in [1.82, 2.24) is 10.2 Å². The van der Waals surface area contributed by atoms with Crippen LogP contribution in [0.5, 0.6) is 0 Å². The highest BCUT2D eigenvalue weighted by molar-refractivity contribution is 5.83. The van der Waals surface area contributed by atoms with E-state index in [2.05, 4.69) is 48.3 Å². The van der Waals surface area contributed by atoms with Gasteiger partial charge in [-0.2, -0.15) is 0 Å². The van der Waals surface area contributed by atoms with Crippen LogP contribution in [0.15, 0.2) is 54.6 Å². The molecule has 2 atom stereocenters. The van der Waals surface area contributed by atoms with Crippen LogP contribution in [0.1, 0.15) is 42.0 Å². The summed E-state index contributed by atoms with van der Waals surface area (Å²) >= 11 is 0. The van der Waals surface area contributed by atoms with Gasteiger partial charge in [0.25, 0.3) is 0 Å². The van der Waals surface area contributed by atoms with Crippen LogP contribution in [-0.4, -0.2) is 43.7 Å². The maximum atomic E-state index is 12.9. The van der Waals surface area contributed by atoms with Crippen molar-refractivity contribution in [3.8, 4) is 0 Å². The molecule has 2 unspecified atom stereocenters. The Morgan fingerprint density at radius 1 is 1.04 bits per heavy atom. The highest BCUT2D eigenvalue weighted by Crippen LogP contribution is 2.23. The molecular formula is C23H30N2O2. The van der Waals surface area contributed by atoms with Gasteiger partial charge < -0.3 is 10.1 Å². The first-order valence-electron chi connectivity index (χ1n) is 9.90. The number of carbonyl (C=O) groups is 1. The fraction of sp³-hybridized carbons (Fsp3) is 0.435. The molecule has 1 heterocycles. The van der Waals surface area contributed by atoms with Gasteiger partial charge in [0.05, 0.1) is 25.2 Å². The molecule has 0 aliphatic carbocycles. The van der Waals surface area contributed by atoms with Crippen molar-refractivity contribution in [3.63, 3.8) is 0 Å². The number of morpholine rings is 1. The van der Waals surface area contributed by atoms with Crippen LogP contribution in [0.2, 0.25) is 0 Å². The molecule has 0 radical (unpaired) electrons. The minimum Gasteiger partial charge on any atom is -0.379 e. The molecule has 1 fully saturated rings. The van der Waals surface area contributed by atoms with Gasteiger partial charge in [0.1, 0.15) is 0 Å². The van der Waals surface area contributed by atoms with Crippen molar-refractivity contribution in [2.24, 2.45) is 0 Å². The van der Waals surface area contributed by atoms with Crippen molar-refractivity contribution < 1.29 is 9.53 Å². The second-order valence-corrected chi connectivity index (χ2v) is 7.19. The molecule has 0 saturated carbocycles. The molecule has 0 bridgehead atoms. The van der Waals surface area contributed by atoms with E-state index in [1.54, 1.807) is 0 Å². The number of hydrogen-bond donors (Lipinski definition) is 1. The summed E-state index contributed by atoms with van der Waals surface area (Å²) in [5, 5.41) is 3.22. The first kappa shape index (κ1) is 19.6. The Kier molecular flexibility index (Phi) is 7.02. The van der Waals surface area contributed by atoms with E-state index in [9.17, 15) is 4.79 Å². The van der Waals surface area contributed by atoms with Crippen molar-refractivity contribution in [1.29, 1.82) is 0 Å². The second-order valence-electron chi connectivity index (χ2n) is 7.19. The fourth-order valence-electron chi connectivity index (χ4n) is 3.71. The molecule has 1 amide bonds. The predicted molar refractivity (Wildman–Crippen MR) is 109 cm³/mol. The third-order valence-electron chi connectivity index (χ3n) is 5.34. The summed E-state index contributed by atoms with van der Waals surface area (Å²) in [5.41, 5.74) is 3.57. The quantitative estimate of drug-likeness (QED) is 0.813. The van der Waals surface area contributed by atoms with Gasteiger partial charge in [-0.1, -0.05) is 67.1 Å². The molecule has 2 aromatic carbocycles. The third-order valence-corrected chi connectivity index (χ3v) is 5.34. The van der Waals surface area contributed by atoms with Gasteiger partial charge in [0, 0.05) is 19.6 Å². The Labute approximate surface area is 162 Å². The number of nitrogens with zero attached hydrogens (tertiary/aromatic N) is 1. The van der Waals surface area contributed by atoms with E-state index in [1.807, 2.05) is 30.3 Å². The van der Waals surface area contributed by atoms with Gasteiger partial charge in [0.2, 0.25) is 5.91 Å². The van der Waals surface area contributed by atoms with Gasteiger partial charge >= 0.3 is 0 Å². The highest BCUT2D eigenvalue weighted by atomic mass is 16.5. The number of ether oxygens (including phenoxy) is 1. The number of nitrogens with one attached hydrogen (secondary N) is 1. The number of rotatable bonds is 7. The lowest BCUT2D eigenvalue weighted by Gasteiger charge is -2.35. The van der Waals surface area contributed by atoms with E-state index in [1.165, 1.54) is 11.1 Å². The van der Waals surface area contributed by atoms with Crippen LogP contribution in [0.25, 0.3) is 0 Å². The zero-order chi connectivity index (χ0) is 19.1. The van der Waals surface area contributed by atoms with Gasteiger partial charge in [0.15, 0.2) is 0 Å². The number of benzene rings is 2. The highest BCUT2D eigenvalue weighted by Gasteiger charge is 2.25. The van der Waals surface area contributed by atoms with Gasteiger partial charge in [-0.15, -0.1) is 0 Å². The summed E-state index contributed by atoms with van der Waals surface area (Å²) in [4.78, 5) is 15.3. The Morgan fingerprint density at radius 2 is 1.70 bits per heavy atom. The summed E-state index contributed by atoms with van der Waals surface area (Å²) < 4.78 is 5.51. The molecule has 27 heavy (non-hydrogen) atoms. The molecule has 2 aromatic rings. The standard InChI is InChI=1S/C23H30N2O2/c1-3-21(19-7-5-4-6-8-19)23(26)24-17-22(25-13-15-27-16-14-25)20-11-9-18(2)10-12-20/h4-12,21-22H,3,13-17H2,1-2H3,(H,24,26). The summed E-state index contributed by atoms with van der Waals surface area (Å²) in [7, 11) is 0. The van der Waals surface area contributed by atoms with E-state index in [-0.39, 0.29) is 17.9 Å². The Hall–Kier alpha value is -2.17. The second kappa shape index (κ2) is 9.67. The fourth-order valence-corrected chi connectivity index (χ4v) is 3.71. The average molecular weight is 367 g/mol. The molecule has 144 valence electrons. The molecule has 1 N–H and O–H groups in total. The SMILES string of the molecule is CCC(C(=O)NCC(c1ccc(C)cc1)N1CCOCC1)c1ccccc1. The van der Waals surface area contributed by atoms with E-state index >= 15 is 0 Å². The summed E-state index contributed by atoms with van der Waals surface area (Å²) in [6, 6.07) is 18.9. The van der Waals surface area contributed by atoms with Crippen molar-refractivity contribution in [2.45, 2.75) is 32.2 Å². The first-order chi connectivity index (χ1) is 13.2. The smallest absolute Gasteiger partial charge is 0.227 e. The molecule has 1 aliphatic heterocycles. The van der Waals surface area contributed by atoms with Gasteiger partial charge in [-0.25, -0.2) is 0 Å². The summed E-state index contributed by atoms with van der Waals surface area (Å²) in [5.74, 6) is 0.00336. The lowest BCUT2D eigenvalue weighted by molar-refractivity contribution is -0.123. The lowest BCUT2D eigenvalue weighted by Crippen LogP contribution is -2.44. The zero-order valence-corrected chi connectivity index (χ0v) is 16.4. The number of carbonyl (C=O) groups excluding carboxylic acids is 1. The molecule has 1 aliphatic rings. The molecular weight excluding hydrogens is 336 g/mol. The Bertz CT molecular complexity index is 709. The molecule has 4 heteroatoms. The molecule has 4 nitrogen and oxygen atoms in total. The monoisotopic (exact) mass is 366 g/mol. The Balaban J connectivity index is 1.71. The van der Waals surface area contributed by atoms with Crippen LogP contribution in [0.4, 0.5) is 0 Å². The maximum absolute atomic E-state index is 12.9. The van der Waals surface area contributed by atoms with Gasteiger partial charge in [-0.3, -0.25) is 9.69 Å². The summed E-state index contributed by atoms with van der Waals surface area (Å²) in [6.07, 6.45) is 0.794. The minimum absolute atomic E-state index is 0.102. The van der Waals surface area contributed by atoms with Crippen LogP contribution in [-0.2, 0) is 9.53 Å². The molecule has 3 rings (SSSR count). The summed E-state index contributed by atoms with van der Waals surface area (Å²) in [6.45, 7) is 8.06. The zero-order valence-electron chi connectivity index (χ0n) is 16.4. The third kappa shape index (κ3) is 5.18. The van der Waals surface area contributed by atoms with E-state index < -0.39 is 0 Å². The number of amides is 1. The average Bonchev–Trinajstić information content (AvgIpc) is 2.71. The van der Waals surface area contributed by atoms with E-state index in [0.29, 0.717) is 6.54 Å². The van der Waals surface area contributed by atoms with Crippen molar-refractivity contribution >= 4 is 5.91 Å². The van der Waals surface area contributed by atoms with Crippen LogP contribution >= 0.6 is 0 Å². The number of hydrogen-bond acceptors (Lipinski definition) is 3. The topological polar surface area (TPSA) is 41.6 Å². The van der Waals surface area contributed by atoms with Gasteiger partial charge in [-0.05, 0) is 24.5 Å². The molecule has 0 aromatic heterocycles. The van der Waals surface area contributed by atoms with Crippen LogP contribution in [0.3, 0.4) is 0 Å². The van der Waals surface area contributed by atoms with Crippen molar-refractivity contribution in [3.05, 3.63) is 71.3 Å². The normalized spacial score (nSPS) is 17.3. The van der Waals surface area contributed by atoms with Crippen LogP contribution in [0, 0.1) is 6.92 Å². The predicted octanol–water partition coefficient (Wildman–Crippen LogP) is 3.68. The molecule has 1 saturated heterocycles. The molecule has 0 spiro atoms. The minimum atomic E-state index is -0.102. The van der Waals surface area contributed by atoms with Crippen molar-refractivity contribution in [2.75, 3.05) is 32.8 Å². The van der Waals surface area contributed by atoms with E-state index in [0.717, 1.165) is 38.3 Å².